The largest absolute Gasteiger partial charge is 0.381 e. The first-order chi connectivity index (χ1) is 17.8. The lowest BCUT2D eigenvalue weighted by Gasteiger charge is -2.38. The minimum atomic E-state index is -0.368. The minimum Gasteiger partial charge on any atom is -0.381 e. The Kier molecular flexibility index (Phi) is 7.54. The molecule has 3 heterocycles. The van der Waals surface area contributed by atoms with E-state index in [9.17, 15) is 9.18 Å². The number of methoxy groups -OCH3 is 1. The smallest absolute Gasteiger partial charge is 0.169 e. The maximum absolute atomic E-state index is 15.0. The lowest BCUT2D eigenvalue weighted by molar-refractivity contribution is 0.0721. The highest BCUT2D eigenvalue weighted by atomic mass is 19.1. The molecule has 1 saturated heterocycles. The highest BCUT2D eigenvalue weighted by Gasteiger charge is 2.29. The zero-order valence-corrected chi connectivity index (χ0v) is 22.0. The second kappa shape index (κ2) is 10.8. The number of anilines is 1. The summed E-state index contributed by atoms with van der Waals surface area (Å²) in [6.07, 6.45) is 10.6. The highest BCUT2D eigenvalue weighted by molar-refractivity contribution is 6.08. The molecule has 0 radical (unpaired) electrons. The van der Waals surface area contributed by atoms with Gasteiger partial charge in [0.05, 0.1) is 23.5 Å². The number of aromatic nitrogens is 2. The molecule has 196 valence electrons. The second-order valence-corrected chi connectivity index (χ2v) is 11.1. The van der Waals surface area contributed by atoms with Crippen LogP contribution in [-0.4, -0.2) is 47.6 Å². The second-order valence-electron chi connectivity index (χ2n) is 11.1. The number of nitrogens with zero attached hydrogens (tertiary/aromatic N) is 3. The molecular weight excluding hydrogens is 467 g/mol. The third-order valence-electron chi connectivity index (χ3n) is 8.29. The molecule has 2 aliphatic rings. The maximum atomic E-state index is 15.0. The van der Waals surface area contributed by atoms with Crippen molar-refractivity contribution in [3.8, 4) is 0 Å². The average Bonchev–Trinajstić information content (AvgIpc) is 2.88. The highest BCUT2D eigenvalue weighted by Crippen LogP contribution is 2.37. The average molecular weight is 505 g/mol. The fourth-order valence-corrected chi connectivity index (χ4v) is 6.45. The van der Waals surface area contributed by atoms with Gasteiger partial charge in [0, 0.05) is 55.5 Å². The van der Waals surface area contributed by atoms with Crippen molar-refractivity contribution < 1.29 is 13.9 Å². The summed E-state index contributed by atoms with van der Waals surface area (Å²) in [4.78, 5) is 24.7. The molecule has 5 atom stereocenters. The lowest BCUT2D eigenvalue weighted by atomic mass is 9.75. The van der Waals surface area contributed by atoms with E-state index >= 15 is 0 Å². The van der Waals surface area contributed by atoms with Crippen LogP contribution in [0.2, 0.25) is 0 Å². The zero-order chi connectivity index (χ0) is 26.1. The number of fused-ring (bicyclic) bond motifs is 1. The number of halogens is 1. The monoisotopic (exact) mass is 504 g/mol. The fourth-order valence-electron chi connectivity index (χ4n) is 6.45. The quantitative estimate of drug-likeness (QED) is 0.451. The first-order valence-electron chi connectivity index (χ1n) is 13.4. The predicted octanol–water partition coefficient (Wildman–Crippen LogP) is 5.43. The maximum Gasteiger partial charge on any atom is 0.169 e. The number of ether oxygens (including phenoxy) is 1. The molecule has 5 rings (SSSR count). The summed E-state index contributed by atoms with van der Waals surface area (Å²) in [6.45, 7) is 5.21. The fraction of sp³-hybridized carbons (Fsp3) is 0.500. The Morgan fingerprint density at radius 2 is 2.00 bits per heavy atom. The van der Waals surface area contributed by atoms with Crippen LogP contribution >= 0.6 is 0 Å². The van der Waals surface area contributed by atoms with Gasteiger partial charge in [0.1, 0.15) is 5.82 Å². The van der Waals surface area contributed by atoms with Crippen molar-refractivity contribution in [3.63, 3.8) is 0 Å². The molecule has 1 aliphatic heterocycles. The predicted molar refractivity (Wildman–Crippen MR) is 145 cm³/mol. The van der Waals surface area contributed by atoms with Gasteiger partial charge in [-0.15, -0.1) is 0 Å². The van der Waals surface area contributed by atoms with Crippen LogP contribution in [0.5, 0.6) is 0 Å². The molecule has 2 aromatic heterocycles. The van der Waals surface area contributed by atoms with Crippen LogP contribution in [0.15, 0.2) is 42.9 Å². The summed E-state index contributed by atoms with van der Waals surface area (Å²) in [5, 5.41) is 0.378. The number of benzene rings is 1. The number of carbonyl (C=O) groups excluding carboxylic acids is 1. The van der Waals surface area contributed by atoms with Crippen LogP contribution in [0.3, 0.4) is 0 Å². The molecule has 1 aromatic carbocycles. The van der Waals surface area contributed by atoms with Gasteiger partial charge in [0.2, 0.25) is 0 Å². The van der Waals surface area contributed by atoms with E-state index in [1.807, 2.05) is 12.1 Å². The van der Waals surface area contributed by atoms with E-state index in [1.165, 1.54) is 6.07 Å². The molecule has 1 aliphatic carbocycles. The molecule has 0 bridgehead atoms. The van der Waals surface area contributed by atoms with Crippen LogP contribution in [0.4, 0.5) is 10.1 Å². The van der Waals surface area contributed by atoms with Crippen molar-refractivity contribution in [3.05, 3.63) is 65.4 Å². The van der Waals surface area contributed by atoms with Gasteiger partial charge >= 0.3 is 0 Å². The summed E-state index contributed by atoms with van der Waals surface area (Å²) < 4.78 is 20.5. The number of carbonyl (C=O) groups is 1. The molecule has 2 fully saturated rings. The van der Waals surface area contributed by atoms with Gasteiger partial charge in [-0.25, -0.2) is 4.39 Å². The number of hydrogen-bond acceptors (Lipinski definition) is 6. The van der Waals surface area contributed by atoms with E-state index < -0.39 is 0 Å². The molecule has 0 unspecified atom stereocenters. The number of nitrogens with two attached hydrogens (primary N) is 1. The molecule has 2 N–H and O–H groups in total. The van der Waals surface area contributed by atoms with Crippen LogP contribution in [0.25, 0.3) is 10.9 Å². The Balaban J connectivity index is 1.42. The molecule has 3 aromatic rings. The van der Waals surface area contributed by atoms with Crippen molar-refractivity contribution in [1.29, 1.82) is 0 Å². The normalized spacial score (nSPS) is 26.4. The van der Waals surface area contributed by atoms with Gasteiger partial charge in [0.25, 0.3) is 0 Å². The van der Waals surface area contributed by atoms with E-state index in [-0.39, 0.29) is 36.2 Å². The van der Waals surface area contributed by atoms with Crippen LogP contribution in [-0.2, 0) is 11.2 Å². The first-order valence-corrected chi connectivity index (χ1v) is 13.4. The summed E-state index contributed by atoms with van der Waals surface area (Å²) in [6, 6.07) is 7.23. The van der Waals surface area contributed by atoms with Gasteiger partial charge < -0.3 is 15.4 Å². The Hall–Kier alpha value is -2.90. The summed E-state index contributed by atoms with van der Waals surface area (Å²) >= 11 is 0. The topological polar surface area (TPSA) is 81.3 Å². The Labute approximate surface area is 218 Å². The van der Waals surface area contributed by atoms with Gasteiger partial charge in [-0.05, 0) is 86.3 Å². The van der Waals surface area contributed by atoms with E-state index in [0.29, 0.717) is 28.3 Å². The molecular formula is C30H37FN4O2. The zero-order valence-electron chi connectivity index (χ0n) is 22.0. The van der Waals surface area contributed by atoms with Gasteiger partial charge in [-0.2, -0.15) is 0 Å². The number of ketones is 1. The molecule has 6 nitrogen and oxygen atoms in total. The van der Waals surface area contributed by atoms with E-state index in [4.69, 9.17) is 10.5 Å². The van der Waals surface area contributed by atoms with Crippen LogP contribution in [0.1, 0.15) is 73.4 Å². The van der Waals surface area contributed by atoms with Crippen molar-refractivity contribution in [2.24, 2.45) is 11.7 Å². The molecule has 0 amide bonds. The van der Waals surface area contributed by atoms with Gasteiger partial charge in [-0.1, -0.05) is 6.92 Å². The summed E-state index contributed by atoms with van der Waals surface area (Å²) in [5.74, 6) is 0.418. The number of Topliss-reactive ketones (excluding diaryl/α,β-unsaturated/α-hetero) is 1. The molecule has 37 heavy (non-hydrogen) atoms. The molecule has 0 spiro atoms. The first kappa shape index (κ1) is 25.7. The lowest BCUT2D eigenvalue weighted by Crippen LogP contribution is -2.43. The van der Waals surface area contributed by atoms with E-state index in [1.54, 1.807) is 31.8 Å². The molecule has 1 saturated carbocycles. The number of rotatable bonds is 6. The third kappa shape index (κ3) is 5.39. The van der Waals surface area contributed by atoms with Gasteiger partial charge in [-0.3, -0.25) is 14.8 Å². The van der Waals surface area contributed by atoms with Crippen molar-refractivity contribution in [1.82, 2.24) is 9.97 Å². The number of piperidine rings is 1. The van der Waals surface area contributed by atoms with Gasteiger partial charge in [0.15, 0.2) is 5.78 Å². The SMILES string of the molecule is CO[C@@H]1CCN(c2cnc3c(C(=O)Cc4cnccc4[C@@H]4C[C@H](C)C[C@H](N)C4)ccc(F)c3c2)[C@H](C)C1. The van der Waals surface area contributed by atoms with Crippen molar-refractivity contribution in [2.75, 3.05) is 18.6 Å². The Bertz CT molecular complexity index is 1270. The van der Waals surface area contributed by atoms with Crippen LogP contribution < -0.4 is 10.6 Å². The van der Waals surface area contributed by atoms with E-state index in [2.05, 4.69) is 28.7 Å². The summed E-state index contributed by atoms with van der Waals surface area (Å²) in [7, 11) is 1.75. The number of hydrogen-bond donors (Lipinski definition) is 1. The van der Waals surface area contributed by atoms with E-state index in [0.717, 1.165) is 55.5 Å². The Morgan fingerprint density at radius 3 is 2.76 bits per heavy atom. The number of pyridine rings is 2. The van der Waals surface area contributed by atoms with Crippen molar-refractivity contribution in [2.45, 2.75) is 76.5 Å². The van der Waals surface area contributed by atoms with Crippen molar-refractivity contribution >= 4 is 22.4 Å². The third-order valence-corrected chi connectivity index (χ3v) is 8.29. The standard InChI is InChI=1S/C30H37FN4O2/c1-18-10-20(13-22(32)11-18)25-6-8-33-16-21(25)14-29(36)26-4-5-28(31)27-15-23(17-34-30(26)27)35-9-7-24(37-3)12-19(35)2/h4-6,8,15-20,22,24H,7,9-14,32H2,1-3H3/t18-,19+,20+,22-,24+/m0/s1. The van der Waals surface area contributed by atoms with Crippen LogP contribution in [0, 0.1) is 11.7 Å². The molecule has 7 heteroatoms. The summed E-state index contributed by atoms with van der Waals surface area (Å²) in [5.41, 5.74) is 10.1. The minimum absolute atomic E-state index is 0.0815. The Morgan fingerprint density at radius 1 is 1.16 bits per heavy atom.